The summed E-state index contributed by atoms with van der Waals surface area (Å²) in [7, 11) is 3.26. The van der Waals surface area contributed by atoms with Gasteiger partial charge in [-0.2, -0.15) is 0 Å². The maximum atomic E-state index is 12.7. The summed E-state index contributed by atoms with van der Waals surface area (Å²) < 4.78 is 16.7. The van der Waals surface area contributed by atoms with E-state index in [4.69, 9.17) is 14.2 Å². The van der Waals surface area contributed by atoms with Crippen LogP contribution in [-0.4, -0.2) is 26.7 Å². The van der Waals surface area contributed by atoms with Crippen molar-refractivity contribution in [3.8, 4) is 28.4 Å². The van der Waals surface area contributed by atoms with Crippen LogP contribution in [0.5, 0.6) is 17.2 Å². The Kier molecular flexibility index (Phi) is 5.77. The molecule has 1 amide bonds. The van der Waals surface area contributed by atoms with Gasteiger partial charge >= 0.3 is 0 Å². The molecule has 4 rings (SSSR count). The molecule has 30 heavy (non-hydrogen) atoms. The topological polar surface area (TPSA) is 56.8 Å². The average molecular weight is 422 g/mol. The number of anilines is 1. The summed E-state index contributed by atoms with van der Waals surface area (Å²) in [6.45, 7) is 4.10. The fraction of sp³-hybridized carbons (Fsp3) is 0.208. The lowest BCUT2D eigenvalue weighted by Gasteiger charge is -2.26. The average Bonchev–Trinajstić information content (AvgIpc) is 3.20. The number of ether oxygens (including phenoxy) is 3. The number of hydrogen-bond acceptors (Lipinski definition) is 5. The lowest BCUT2D eigenvalue weighted by molar-refractivity contribution is -0.116. The molecular formula is C24H23NO4S. The molecule has 0 bridgehead atoms. The standard InChI is InChI=1S/C24H23NO4S/c1-4-12-29-23-17(6-5-7-20(23)28-3)18-13-21(26)25-22-19(14-30-24(18)22)15-8-10-16(27-2)11-9-15/h4-11,14,18H,1,12-13H2,2-3H3,(H,25,26)/t18-/m1/s1. The molecule has 1 atom stereocenters. The third kappa shape index (κ3) is 3.66. The first-order valence-corrected chi connectivity index (χ1v) is 10.5. The number of para-hydroxylation sites is 1. The lowest BCUT2D eigenvalue weighted by atomic mass is 9.88. The summed E-state index contributed by atoms with van der Waals surface area (Å²) in [6, 6.07) is 13.6. The predicted octanol–water partition coefficient (Wildman–Crippen LogP) is 5.47. The Labute approximate surface area is 179 Å². The van der Waals surface area contributed by atoms with Crippen LogP contribution in [0, 0.1) is 0 Å². The van der Waals surface area contributed by atoms with E-state index in [9.17, 15) is 4.79 Å². The van der Waals surface area contributed by atoms with Crippen LogP contribution in [0.25, 0.3) is 11.1 Å². The van der Waals surface area contributed by atoms with Crippen molar-refractivity contribution in [2.45, 2.75) is 12.3 Å². The minimum Gasteiger partial charge on any atom is -0.497 e. The van der Waals surface area contributed by atoms with Crippen LogP contribution in [0.4, 0.5) is 5.69 Å². The molecular weight excluding hydrogens is 398 g/mol. The first-order chi connectivity index (χ1) is 14.7. The molecule has 0 saturated carbocycles. The van der Waals surface area contributed by atoms with Gasteiger partial charge in [0, 0.05) is 33.7 Å². The minimum atomic E-state index is -0.110. The van der Waals surface area contributed by atoms with E-state index in [1.807, 2.05) is 42.5 Å². The zero-order chi connectivity index (χ0) is 21.1. The van der Waals surface area contributed by atoms with Gasteiger partial charge in [-0.15, -0.1) is 11.3 Å². The highest BCUT2D eigenvalue weighted by Gasteiger charge is 2.33. The van der Waals surface area contributed by atoms with Crippen LogP contribution in [0.2, 0.25) is 0 Å². The molecule has 0 radical (unpaired) electrons. The second-order valence-electron chi connectivity index (χ2n) is 6.90. The summed E-state index contributed by atoms with van der Waals surface area (Å²) in [5.41, 5.74) is 3.84. The third-order valence-electron chi connectivity index (χ3n) is 5.14. The second kappa shape index (κ2) is 8.63. The summed E-state index contributed by atoms with van der Waals surface area (Å²) in [4.78, 5) is 13.8. The molecule has 0 unspecified atom stereocenters. The van der Waals surface area contributed by atoms with Gasteiger partial charge in [0.1, 0.15) is 12.4 Å². The maximum Gasteiger partial charge on any atom is 0.225 e. The monoisotopic (exact) mass is 421 g/mol. The largest absolute Gasteiger partial charge is 0.497 e. The van der Waals surface area contributed by atoms with Gasteiger partial charge in [-0.25, -0.2) is 0 Å². The number of nitrogens with one attached hydrogen (secondary N) is 1. The molecule has 0 aliphatic carbocycles. The molecule has 0 saturated heterocycles. The molecule has 5 nitrogen and oxygen atoms in total. The van der Waals surface area contributed by atoms with Gasteiger partial charge in [0.15, 0.2) is 11.5 Å². The van der Waals surface area contributed by atoms with E-state index >= 15 is 0 Å². The molecule has 1 aromatic heterocycles. The highest BCUT2D eigenvalue weighted by Crippen LogP contribution is 2.49. The van der Waals surface area contributed by atoms with Gasteiger partial charge < -0.3 is 19.5 Å². The molecule has 154 valence electrons. The first kappa shape index (κ1) is 20.0. The highest BCUT2D eigenvalue weighted by molar-refractivity contribution is 7.11. The van der Waals surface area contributed by atoms with Crippen molar-refractivity contribution >= 4 is 22.9 Å². The van der Waals surface area contributed by atoms with Crippen LogP contribution < -0.4 is 19.5 Å². The van der Waals surface area contributed by atoms with E-state index in [0.29, 0.717) is 24.5 Å². The molecule has 0 spiro atoms. The number of rotatable bonds is 7. The lowest BCUT2D eigenvalue weighted by Crippen LogP contribution is -2.23. The van der Waals surface area contributed by atoms with Crippen LogP contribution >= 0.6 is 11.3 Å². The Morgan fingerprint density at radius 3 is 2.67 bits per heavy atom. The fourth-order valence-electron chi connectivity index (χ4n) is 3.73. The Balaban J connectivity index is 1.79. The van der Waals surface area contributed by atoms with Crippen molar-refractivity contribution < 1.29 is 19.0 Å². The van der Waals surface area contributed by atoms with E-state index in [2.05, 4.69) is 17.3 Å². The molecule has 1 N–H and O–H groups in total. The quantitative estimate of drug-likeness (QED) is 0.514. The molecule has 6 heteroatoms. The normalized spacial score (nSPS) is 15.1. The van der Waals surface area contributed by atoms with Gasteiger partial charge in [0.05, 0.1) is 19.9 Å². The van der Waals surface area contributed by atoms with Crippen molar-refractivity contribution in [1.29, 1.82) is 0 Å². The summed E-state index contributed by atoms with van der Waals surface area (Å²) >= 11 is 1.65. The van der Waals surface area contributed by atoms with Crippen LogP contribution in [0.15, 0.2) is 60.5 Å². The molecule has 2 aromatic carbocycles. The summed E-state index contributed by atoms with van der Waals surface area (Å²) in [6.07, 6.45) is 2.05. The van der Waals surface area contributed by atoms with E-state index in [1.54, 1.807) is 31.6 Å². The number of methoxy groups -OCH3 is 2. The van der Waals surface area contributed by atoms with Gasteiger partial charge in [-0.05, 0) is 23.8 Å². The minimum absolute atomic E-state index is 0.0156. The Morgan fingerprint density at radius 2 is 1.97 bits per heavy atom. The predicted molar refractivity (Wildman–Crippen MR) is 120 cm³/mol. The van der Waals surface area contributed by atoms with Crippen LogP contribution in [0.3, 0.4) is 0 Å². The molecule has 3 aromatic rings. The first-order valence-electron chi connectivity index (χ1n) is 9.62. The van der Waals surface area contributed by atoms with E-state index < -0.39 is 0 Å². The number of amides is 1. The SMILES string of the molecule is C=CCOc1c(OC)cccc1[C@H]1CC(=O)Nc2c(-c3ccc(OC)cc3)csc21. The van der Waals surface area contributed by atoms with Gasteiger partial charge in [0.25, 0.3) is 0 Å². The maximum absolute atomic E-state index is 12.7. The number of fused-ring (bicyclic) bond motifs is 1. The van der Waals surface area contributed by atoms with Crippen LogP contribution in [-0.2, 0) is 4.79 Å². The summed E-state index contributed by atoms with van der Waals surface area (Å²) in [5, 5.41) is 5.17. The number of carbonyl (C=O) groups excluding carboxylic acids is 1. The zero-order valence-electron chi connectivity index (χ0n) is 16.9. The van der Waals surface area contributed by atoms with Crippen LogP contribution in [0.1, 0.15) is 22.8 Å². The van der Waals surface area contributed by atoms with Gasteiger partial charge in [-0.1, -0.05) is 36.9 Å². The Bertz CT molecular complexity index is 1070. The van der Waals surface area contributed by atoms with Crippen molar-refractivity contribution in [3.05, 3.63) is 70.9 Å². The smallest absolute Gasteiger partial charge is 0.225 e. The number of benzene rings is 2. The summed E-state index contributed by atoms with van der Waals surface area (Å²) in [5.74, 6) is 1.97. The highest BCUT2D eigenvalue weighted by atomic mass is 32.1. The van der Waals surface area contributed by atoms with Crippen molar-refractivity contribution in [3.63, 3.8) is 0 Å². The molecule has 0 fully saturated rings. The Morgan fingerprint density at radius 1 is 1.17 bits per heavy atom. The zero-order valence-corrected chi connectivity index (χ0v) is 17.8. The van der Waals surface area contributed by atoms with Crippen molar-refractivity contribution in [2.75, 3.05) is 26.1 Å². The van der Waals surface area contributed by atoms with E-state index in [0.717, 1.165) is 33.0 Å². The molecule has 1 aliphatic heterocycles. The number of thiophene rings is 1. The van der Waals surface area contributed by atoms with Gasteiger partial charge in [-0.3, -0.25) is 4.79 Å². The molecule has 2 heterocycles. The second-order valence-corrected chi connectivity index (χ2v) is 7.81. The van der Waals surface area contributed by atoms with E-state index in [-0.39, 0.29) is 11.8 Å². The van der Waals surface area contributed by atoms with Crippen molar-refractivity contribution in [2.24, 2.45) is 0 Å². The van der Waals surface area contributed by atoms with Gasteiger partial charge in [0.2, 0.25) is 5.91 Å². The third-order valence-corrected chi connectivity index (χ3v) is 6.24. The van der Waals surface area contributed by atoms with Crippen molar-refractivity contribution in [1.82, 2.24) is 0 Å². The Hall–Kier alpha value is -3.25. The molecule has 1 aliphatic rings. The van der Waals surface area contributed by atoms with E-state index in [1.165, 1.54) is 0 Å². The fourth-order valence-corrected chi connectivity index (χ4v) is 4.88. The number of carbonyl (C=O) groups is 1. The number of hydrogen-bond donors (Lipinski definition) is 1.